The summed E-state index contributed by atoms with van der Waals surface area (Å²) in [6.07, 6.45) is 7.52. The highest BCUT2D eigenvalue weighted by Gasteiger charge is 2.41. The molecule has 0 atom stereocenters. The van der Waals surface area contributed by atoms with E-state index < -0.39 is 0 Å². The first-order valence-corrected chi connectivity index (χ1v) is 6.58. The van der Waals surface area contributed by atoms with Crippen LogP contribution in [0.2, 0.25) is 0 Å². The molecule has 2 aromatic heterocycles. The van der Waals surface area contributed by atoms with Gasteiger partial charge >= 0.3 is 0 Å². The number of hydrogen-bond donors (Lipinski definition) is 1. The van der Waals surface area contributed by atoms with E-state index in [1.807, 2.05) is 24.5 Å². The molecule has 0 unspecified atom stereocenters. The fourth-order valence-electron chi connectivity index (χ4n) is 2.26. The fourth-order valence-corrected chi connectivity index (χ4v) is 2.66. The average molecular weight is 250 g/mol. The lowest BCUT2D eigenvalue weighted by Crippen LogP contribution is -2.17. The van der Waals surface area contributed by atoms with Crippen LogP contribution in [-0.2, 0) is 0 Å². The molecule has 0 saturated heterocycles. The van der Waals surface area contributed by atoms with Crippen LogP contribution in [0.3, 0.4) is 0 Å². The number of pyridine rings is 1. The Morgan fingerprint density at radius 3 is 3.06 bits per heavy atom. The highest BCUT2D eigenvalue weighted by atomic mass is 35.5. The molecule has 0 spiro atoms. The Kier molecular flexibility index (Phi) is 2.71. The Morgan fingerprint density at radius 2 is 2.29 bits per heavy atom. The number of nitrogens with zero attached hydrogens (tertiary/aromatic N) is 2. The summed E-state index contributed by atoms with van der Waals surface area (Å²) in [5.74, 6) is 1.87. The van der Waals surface area contributed by atoms with Crippen molar-refractivity contribution < 1.29 is 0 Å². The lowest BCUT2D eigenvalue weighted by Gasteiger charge is -2.16. The van der Waals surface area contributed by atoms with Crippen LogP contribution >= 0.6 is 11.6 Å². The van der Waals surface area contributed by atoms with Crippen LogP contribution in [0.25, 0.3) is 5.65 Å². The van der Waals surface area contributed by atoms with Crippen molar-refractivity contribution >= 4 is 23.1 Å². The molecular weight excluding hydrogens is 234 g/mol. The molecule has 0 amide bonds. The van der Waals surface area contributed by atoms with Gasteiger partial charge in [0.1, 0.15) is 11.5 Å². The van der Waals surface area contributed by atoms with Gasteiger partial charge in [-0.3, -0.25) is 4.40 Å². The molecule has 1 aliphatic rings. The first kappa shape index (κ1) is 10.9. The minimum Gasteiger partial charge on any atom is -0.371 e. The van der Waals surface area contributed by atoms with Crippen LogP contribution in [-0.4, -0.2) is 21.8 Å². The van der Waals surface area contributed by atoms with Gasteiger partial charge in [0, 0.05) is 24.8 Å². The number of alkyl halides is 1. The van der Waals surface area contributed by atoms with Gasteiger partial charge in [0.25, 0.3) is 0 Å². The third-order valence-corrected chi connectivity index (χ3v) is 3.84. The van der Waals surface area contributed by atoms with E-state index >= 15 is 0 Å². The molecule has 3 rings (SSSR count). The molecule has 0 aliphatic heterocycles. The van der Waals surface area contributed by atoms with Gasteiger partial charge in [-0.15, -0.1) is 11.6 Å². The van der Waals surface area contributed by atoms with Gasteiger partial charge in [-0.2, -0.15) is 0 Å². The van der Waals surface area contributed by atoms with Crippen LogP contribution < -0.4 is 5.32 Å². The Labute approximate surface area is 106 Å². The maximum Gasteiger partial charge on any atom is 0.138 e. The predicted molar refractivity (Wildman–Crippen MR) is 70.7 cm³/mol. The summed E-state index contributed by atoms with van der Waals surface area (Å²) in [6, 6.07) is 6.13. The van der Waals surface area contributed by atoms with E-state index in [0.29, 0.717) is 5.41 Å². The van der Waals surface area contributed by atoms with Crippen molar-refractivity contribution in [2.45, 2.75) is 19.3 Å². The van der Waals surface area contributed by atoms with E-state index in [2.05, 4.69) is 20.8 Å². The second kappa shape index (κ2) is 4.22. The predicted octanol–water partition coefficient (Wildman–Crippen LogP) is 3.16. The van der Waals surface area contributed by atoms with E-state index in [1.165, 1.54) is 12.8 Å². The third-order valence-electron chi connectivity index (χ3n) is 3.65. The lowest BCUT2D eigenvalue weighted by atomic mass is 10.0. The molecule has 17 heavy (non-hydrogen) atoms. The first-order valence-electron chi connectivity index (χ1n) is 6.05. The Balaban J connectivity index is 1.75. The van der Waals surface area contributed by atoms with Gasteiger partial charge in [0.15, 0.2) is 0 Å². The van der Waals surface area contributed by atoms with Crippen molar-refractivity contribution in [1.82, 2.24) is 9.38 Å². The van der Waals surface area contributed by atoms with Crippen molar-refractivity contribution in [3.05, 3.63) is 30.6 Å². The topological polar surface area (TPSA) is 29.3 Å². The maximum atomic E-state index is 5.84. The number of anilines is 1. The number of nitrogens with one attached hydrogen (secondary N) is 1. The minimum absolute atomic E-state index is 0.449. The molecule has 3 nitrogen and oxygen atoms in total. The quantitative estimate of drug-likeness (QED) is 0.825. The number of aromatic nitrogens is 2. The molecule has 1 saturated carbocycles. The lowest BCUT2D eigenvalue weighted by molar-refractivity contribution is 0.523. The summed E-state index contributed by atoms with van der Waals surface area (Å²) in [6.45, 7) is 1.01. The van der Waals surface area contributed by atoms with Gasteiger partial charge in [0.2, 0.25) is 0 Å². The summed E-state index contributed by atoms with van der Waals surface area (Å²) in [5, 5.41) is 3.53. The molecule has 1 aliphatic carbocycles. The van der Waals surface area contributed by atoms with Crippen LogP contribution in [0.5, 0.6) is 0 Å². The fraction of sp³-hybridized carbons (Fsp3) is 0.462. The van der Waals surface area contributed by atoms with E-state index in [-0.39, 0.29) is 0 Å². The molecule has 0 aromatic carbocycles. The molecule has 1 fully saturated rings. The van der Waals surface area contributed by atoms with E-state index in [9.17, 15) is 0 Å². The first-order chi connectivity index (χ1) is 8.33. The second-order valence-electron chi connectivity index (χ2n) is 4.86. The molecular formula is C13H16ClN3. The van der Waals surface area contributed by atoms with Gasteiger partial charge in [-0.1, -0.05) is 6.07 Å². The van der Waals surface area contributed by atoms with Crippen LogP contribution in [0.4, 0.5) is 5.82 Å². The van der Waals surface area contributed by atoms with Crippen molar-refractivity contribution in [3.8, 4) is 0 Å². The maximum absolute atomic E-state index is 5.84. The largest absolute Gasteiger partial charge is 0.371 e. The van der Waals surface area contributed by atoms with E-state index in [4.69, 9.17) is 11.6 Å². The zero-order valence-electron chi connectivity index (χ0n) is 9.69. The zero-order chi connectivity index (χ0) is 11.7. The van der Waals surface area contributed by atoms with Gasteiger partial charge in [-0.25, -0.2) is 4.98 Å². The molecule has 1 N–H and O–H groups in total. The number of rotatable bonds is 5. The van der Waals surface area contributed by atoms with Crippen LogP contribution in [0, 0.1) is 5.41 Å². The van der Waals surface area contributed by atoms with Crippen molar-refractivity contribution in [3.63, 3.8) is 0 Å². The average Bonchev–Trinajstić information content (AvgIpc) is 2.92. The molecule has 0 radical (unpaired) electrons. The monoisotopic (exact) mass is 249 g/mol. The van der Waals surface area contributed by atoms with Gasteiger partial charge in [0.05, 0.1) is 0 Å². The Morgan fingerprint density at radius 1 is 1.41 bits per heavy atom. The normalized spacial score (nSPS) is 17.2. The molecule has 90 valence electrons. The molecule has 0 bridgehead atoms. The minimum atomic E-state index is 0.449. The molecule has 4 heteroatoms. The highest BCUT2D eigenvalue weighted by Crippen LogP contribution is 2.48. The van der Waals surface area contributed by atoms with Gasteiger partial charge < -0.3 is 5.32 Å². The second-order valence-corrected chi connectivity index (χ2v) is 5.24. The van der Waals surface area contributed by atoms with Gasteiger partial charge in [-0.05, 0) is 36.8 Å². The van der Waals surface area contributed by atoms with Crippen LogP contribution in [0.1, 0.15) is 19.3 Å². The van der Waals surface area contributed by atoms with E-state index in [1.54, 1.807) is 0 Å². The third kappa shape index (κ3) is 2.12. The molecule has 2 heterocycles. The van der Waals surface area contributed by atoms with E-state index in [0.717, 1.165) is 30.3 Å². The SMILES string of the molecule is ClCCC1(CNc2cccc3nccn23)CC1. The molecule has 2 aromatic rings. The van der Waals surface area contributed by atoms with Crippen LogP contribution in [0.15, 0.2) is 30.6 Å². The smallest absolute Gasteiger partial charge is 0.138 e. The Hall–Kier alpha value is -1.22. The number of hydrogen-bond acceptors (Lipinski definition) is 2. The summed E-state index contributed by atoms with van der Waals surface area (Å²) in [5.41, 5.74) is 1.43. The van der Waals surface area contributed by atoms with Crippen molar-refractivity contribution in [1.29, 1.82) is 0 Å². The number of imidazole rings is 1. The zero-order valence-corrected chi connectivity index (χ0v) is 10.5. The summed E-state index contributed by atoms with van der Waals surface area (Å²) in [7, 11) is 0. The Bertz CT molecular complexity index is 516. The summed E-state index contributed by atoms with van der Waals surface area (Å²) >= 11 is 5.84. The summed E-state index contributed by atoms with van der Waals surface area (Å²) in [4.78, 5) is 4.28. The highest BCUT2D eigenvalue weighted by molar-refractivity contribution is 6.17. The number of fused-ring (bicyclic) bond motifs is 1. The standard InChI is InChI=1S/C13H16ClN3/c14-7-6-13(4-5-13)10-16-12-3-1-2-11-15-8-9-17(11)12/h1-3,8-9,16H,4-7,10H2. The summed E-state index contributed by atoms with van der Waals surface area (Å²) < 4.78 is 2.08. The number of halogens is 1. The van der Waals surface area contributed by atoms with Crippen molar-refractivity contribution in [2.24, 2.45) is 5.41 Å². The van der Waals surface area contributed by atoms with Crippen molar-refractivity contribution in [2.75, 3.05) is 17.7 Å².